The Hall–Kier alpha value is -3.34. The lowest BCUT2D eigenvalue weighted by Gasteiger charge is -2.28. The molecule has 0 aliphatic heterocycles. The summed E-state index contributed by atoms with van der Waals surface area (Å²) in [5.74, 6) is -2.09. The molecule has 0 aliphatic rings. The fraction of sp³-hybridized carbons (Fsp3) is 0.667. The molecular formula is C30H47NO10. The number of esters is 1. The van der Waals surface area contributed by atoms with E-state index in [4.69, 9.17) is 29.4 Å². The van der Waals surface area contributed by atoms with Crippen LogP contribution >= 0.6 is 0 Å². The van der Waals surface area contributed by atoms with Gasteiger partial charge in [0.15, 0.2) is 11.5 Å². The van der Waals surface area contributed by atoms with E-state index in [-0.39, 0.29) is 55.3 Å². The molecule has 1 aromatic carbocycles. The minimum atomic E-state index is -1.82. The zero-order valence-electron chi connectivity index (χ0n) is 25.4. The van der Waals surface area contributed by atoms with Crippen molar-refractivity contribution in [3.8, 4) is 11.5 Å². The zero-order chi connectivity index (χ0) is 31.2. The van der Waals surface area contributed by atoms with Crippen LogP contribution in [-0.4, -0.2) is 54.2 Å². The number of carboxylic acids is 1. The Labute approximate surface area is 243 Å². The summed E-state index contributed by atoms with van der Waals surface area (Å²) in [5, 5.41) is 9.97. The van der Waals surface area contributed by atoms with E-state index < -0.39 is 35.9 Å². The third-order valence-corrected chi connectivity index (χ3v) is 6.80. The Morgan fingerprint density at radius 1 is 0.878 bits per heavy atom. The van der Waals surface area contributed by atoms with Gasteiger partial charge in [0, 0.05) is 12.8 Å². The fourth-order valence-electron chi connectivity index (χ4n) is 3.74. The number of hydrogen-bond donors (Lipinski definition) is 2. The molecule has 0 spiro atoms. The lowest BCUT2D eigenvalue weighted by atomic mass is 9.86. The van der Waals surface area contributed by atoms with Crippen LogP contribution in [0, 0.1) is 17.8 Å². The molecule has 5 atom stereocenters. The van der Waals surface area contributed by atoms with Crippen LogP contribution < -0.4 is 15.2 Å². The molecule has 41 heavy (non-hydrogen) atoms. The maximum absolute atomic E-state index is 12.4. The van der Waals surface area contributed by atoms with Crippen molar-refractivity contribution in [3.63, 3.8) is 0 Å². The van der Waals surface area contributed by atoms with E-state index in [9.17, 15) is 24.3 Å². The van der Waals surface area contributed by atoms with Gasteiger partial charge in [0.1, 0.15) is 11.6 Å². The van der Waals surface area contributed by atoms with Gasteiger partial charge in [0.25, 0.3) is 0 Å². The number of benzene rings is 1. The van der Waals surface area contributed by atoms with Crippen molar-refractivity contribution >= 4 is 24.2 Å². The summed E-state index contributed by atoms with van der Waals surface area (Å²) in [4.78, 5) is 49.2. The SMILES string of the molecule is CCCC(C)C(=O)O[C@@H](C)CC(N)(Cc1ccc(OC(=O)OCC(C)CC)c(OC(=O)OCC(C)CC)c1)C(=O)O. The zero-order valence-corrected chi connectivity index (χ0v) is 25.4. The van der Waals surface area contributed by atoms with E-state index in [0.717, 1.165) is 19.3 Å². The maximum atomic E-state index is 12.4. The highest BCUT2D eigenvalue weighted by Gasteiger charge is 2.37. The van der Waals surface area contributed by atoms with E-state index >= 15 is 0 Å². The van der Waals surface area contributed by atoms with E-state index in [0.29, 0.717) is 12.0 Å². The smallest absolute Gasteiger partial charge is 0.480 e. The first-order valence-electron chi connectivity index (χ1n) is 14.3. The predicted octanol–water partition coefficient (Wildman–Crippen LogP) is 5.89. The van der Waals surface area contributed by atoms with E-state index in [1.807, 2.05) is 34.6 Å². The number of carbonyl (C=O) groups excluding carboxylic acids is 3. The monoisotopic (exact) mass is 581 g/mol. The van der Waals surface area contributed by atoms with Gasteiger partial charge in [-0.25, -0.2) is 9.59 Å². The molecule has 11 heteroatoms. The summed E-state index contributed by atoms with van der Waals surface area (Å²) in [7, 11) is 0. The number of ether oxygens (including phenoxy) is 5. The van der Waals surface area contributed by atoms with Crippen LogP contribution in [0.3, 0.4) is 0 Å². The fourth-order valence-corrected chi connectivity index (χ4v) is 3.74. The van der Waals surface area contributed by atoms with Gasteiger partial charge in [-0.15, -0.1) is 0 Å². The van der Waals surface area contributed by atoms with Crippen molar-refractivity contribution in [1.82, 2.24) is 0 Å². The average molecular weight is 582 g/mol. The quantitative estimate of drug-likeness (QED) is 0.128. The predicted molar refractivity (Wildman–Crippen MR) is 152 cm³/mol. The normalized spacial score (nSPS) is 15.4. The molecule has 1 rings (SSSR count). The number of rotatable bonds is 17. The van der Waals surface area contributed by atoms with Gasteiger partial charge in [0.05, 0.1) is 19.1 Å². The Morgan fingerprint density at radius 2 is 1.41 bits per heavy atom. The Balaban J connectivity index is 3.17. The van der Waals surface area contributed by atoms with Gasteiger partial charge in [-0.1, -0.05) is 66.9 Å². The summed E-state index contributed by atoms with van der Waals surface area (Å²) in [6.07, 6.45) is -0.0761. The minimum Gasteiger partial charge on any atom is -0.480 e. The summed E-state index contributed by atoms with van der Waals surface area (Å²) < 4.78 is 26.3. The molecule has 0 fully saturated rings. The summed E-state index contributed by atoms with van der Waals surface area (Å²) >= 11 is 0. The van der Waals surface area contributed by atoms with Crippen LogP contribution in [0.4, 0.5) is 9.59 Å². The Kier molecular flexibility index (Phi) is 15.2. The highest BCUT2D eigenvalue weighted by molar-refractivity contribution is 5.79. The number of carboxylic acid groups (broad SMARTS) is 1. The molecule has 0 saturated heterocycles. The van der Waals surface area contributed by atoms with Crippen LogP contribution in [-0.2, 0) is 30.2 Å². The van der Waals surface area contributed by atoms with Crippen molar-refractivity contribution in [3.05, 3.63) is 23.8 Å². The lowest BCUT2D eigenvalue weighted by Crippen LogP contribution is -2.52. The van der Waals surface area contributed by atoms with Crippen molar-refractivity contribution in [2.24, 2.45) is 23.5 Å². The Morgan fingerprint density at radius 3 is 1.90 bits per heavy atom. The Bertz CT molecular complexity index is 1010. The second kappa shape index (κ2) is 17.5. The highest BCUT2D eigenvalue weighted by Crippen LogP contribution is 2.31. The second-order valence-corrected chi connectivity index (χ2v) is 10.9. The van der Waals surface area contributed by atoms with Gasteiger partial charge in [-0.2, -0.15) is 0 Å². The van der Waals surface area contributed by atoms with Crippen LogP contribution in [0.25, 0.3) is 0 Å². The first-order chi connectivity index (χ1) is 19.2. The van der Waals surface area contributed by atoms with E-state index in [2.05, 4.69) is 0 Å². The summed E-state index contributed by atoms with van der Waals surface area (Å²) in [5.41, 5.74) is 4.86. The van der Waals surface area contributed by atoms with Crippen LogP contribution in [0.15, 0.2) is 18.2 Å². The standard InChI is InChI=1S/C30H47NO10/c1-8-11-21(6)26(32)39-22(7)15-30(31,27(33)34)16-23-12-13-24(40-28(35)37-17-19(4)9-2)25(14-23)41-29(36)38-18-20(5)10-3/h12-14,19-22H,8-11,15-18,31H2,1-7H3,(H,33,34)/t19?,20?,21?,22-,30?/m0/s1. The molecule has 0 saturated carbocycles. The molecule has 11 nitrogen and oxygen atoms in total. The van der Waals surface area contributed by atoms with E-state index in [1.54, 1.807) is 13.8 Å². The van der Waals surface area contributed by atoms with Crippen molar-refractivity contribution in [1.29, 1.82) is 0 Å². The molecule has 3 N–H and O–H groups in total. The molecular weight excluding hydrogens is 534 g/mol. The van der Waals surface area contributed by atoms with Crippen molar-refractivity contribution in [2.75, 3.05) is 13.2 Å². The van der Waals surface area contributed by atoms with Crippen molar-refractivity contribution < 1.29 is 48.0 Å². The maximum Gasteiger partial charge on any atom is 0.513 e. The van der Waals surface area contributed by atoms with Crippen molar-refractivity contribution in [2.45, 2.75) is 98.6 Å². The molecule has 0 amide bonds. The van der Waals surface area contributed by atoms with Gasteiger partial charge in [0.2, 0.25) is 0 Å². The van der Waals surface area contributed by atoms with Crippen LogP contribution in [0.5, 0.6) is 11.5 Å². The topological polar surface area (TPSA) is 161 Å². The number of hydrogen-bond acceptors (Lipinski definition) is 10. The molecule has 0 heterocycles. The third kappa shape index (κ3) is 12.8. The average Bonchev–Trinajstić information content (AvgIpc) is 2.91. The molecule has 0 radical (unpaired) electrons. The minimum absolute atomic E-state index is 0.106. The third-order valence-electron chi connectivity index (χ3n) is 6.80. The first-order valence-corrected chi connectivity index (χ1v) is 14.3. The molecule has 0 aliphatic carbocycles. The lowest BCUT2D eigenvalue weighted by molar-refractivity contribution is -0.156. The number of nitrogens with two attached hydrogens (primary N) is 1. The number of aliphatic carboxylic acids is 1. The number of carbonyl (C=O) groups is 4. The van der Waals surface area contributed by atoms with Gasteiger partial charge in [-0.3, -0.25) is 9.59 Å². The highest BCUT2D eigenvalue weighted by atomic mass is 16.7. The van der Waals surface area contributed by atoms with Gasteiger partial charge < -0.3 is 34.5 Å². The largest absolute Gasteiger partial charge is 0.513 e. The van der Waals surface area contributed by atoms with Gasteiger partial charge in [-0.05, 0) is 42.9 Å². The molecule has 1 aromatic rings. The molecule has 0 bridgehead atoms. The van der Waals surface area contributed by atoms with Crippen LogP contribution in [0.1, 0.15) is 86.1 Å². The van der Waals surface area contributed by atoms with Gasteiger partial charge >= 0.3 is 24.2 Å². The molecule has 232 valence electrons. The summed E-state index contributed by atoms with van der Waals surface area (Å²) in [6, 6.07) is 4.21. The first kappa shape index (κ1) is 35.7. The second-order valence-electron chi connectivity index (χ2n) is 10.9. The molecule has 0 aromatic heterocycles. The summed E-state index contributed by atoms with van der Waals surface area (Å²) in [6.45, 7) is 13.3. The van der Waals surface area contributed by atoms with Crippen LogP contribution in [0.2, 0.25) is 0 Å². The van der Waals surface area contributed by atoms with E-state index in [1.165, 1.54) is 18.2 Å². The molecule has 4 unspecified atom stereocenters.